The summed E-state index contributed by atoms with van der Waals surface area (Å²) in [7, 11) is 1.80. The quantitative estimate of drug-likeness (QED) is 0.226. The monoisotopic (exact) mass is 313 g/mol. The Morgan fingerprint density at radius 1 is 1.24 bits per heavy atom. The number of ether oxygens (including phenoxy) is 1. The highest BCUT2D eigenvalue weighted by atomic mass is 32.2. The van der Waals surface area contributed by atoms with E-state index in [4.69, 9.17) is 4.74 Å². The van der Waals surface area contributed by atoms with Gasteiger partial charge in [-0.05, 0) is 12.8 Å². The molecule has 0 spiro atoms. The molecule has 1 aliphatic rings. The number of rotatable bonds is 9. The number of hydrogen-bond acceptors (Lipinski definition) is 3. The van der Waals surface area contributed by atoms with E-state index < -0.39 is 0 Å². The van der Waals surface area contributed by atoms with Crippen molar-refractivity contribution in [2.75, 3.05) is 38.2 Å². The van der Waals surface area contributed by atoms with Crippen molar-refractivity contribution in [1.82, 2.24) is 10.6 Å². The second-order valence-electron chi connectivity index (χ2n) is 5.27. The lowest BCUT2D eigenvalue weighted by Crippen LogP contribution is -2.40. The summed E-state index contributed by atoms with van der Waals surface area (Å²) in [5.74, 6) is 2.92. The Hall–Kier alpha value is -0.680. The lowest BCUT2D eigenvalue weighted by Gasteiger charge is -2.16. The largest absolute Gasteiger partial charge is 0.376 e. The summed E-state index contributed by atoms with van der Waals surface area (Å²) in [6, 6.07) is 0. The third-order valence-corrected chi connectivity index (χ3v) is 4.51. The van der Waals surface area contributed by atoms with Crippen molar-refractivity contribution < 1.29 is 4.74 Å². The van der Waals surface area contributed by atoms with Crippen LogP contribution in [0.25, 0.3) is 0 Å². The smallest absolute Gasteiger partial charge is 0.191 e. The minimum absolute atomic E-state index is 0.472. The van der Waals surface area contributed by atoms with E-state index in [1.165, 1.54) is 38.5 Å². The summed E-state index contributed by atoms with van der Waals surface area (Å²) in [5.41, 5.74) is 0. The Labute approximate surface area is 134 Å². The minimum atomic E-state index is 0.472. The van der Waals surface area contributed by atoms with E-state index in [1.807, 2.05) is 17.8 Å². The molecule has 0 amide bonds. The van der Waals surface area contributed by atoms with Gasteiger partial charge in [-0.1, -0.05) is 31.8 Å². The predicted molar refractivity (Wildman–Crippen MR) is 94.3 cm³/mol. The van der Waals surface area contributed by atoms with Gasteiger partial charge in [0.2, 0.25) is 0 Å². The van der Waals surface area contributed by atoms with Crippen molar-refractivity contribution in [2.45, 2.75) is 44.6 Å². The van der Waals surface area contributed by atoms with Crippen LogP contribution in [0.15, 0.2) is 17.6 Å². The molecule has 0 saturated heterocycles. The Morgan fingerprint density at radius 3 is 2.62 bits per heavy atom. The van der Waals surface area contributed by atoms with Crippen LogP contribution >= 0.6 is 11.8 Å². The molecule has 1 fully saturated rings. The number of aliphatic imine (C=N–C) groups is 1. The van der Waals surface area contributed by atoms with Crippen LogP contribution in [-0.4, -0.2) is 50.3 Å². The van der Waals surface area contributed by atoms with Crippen LogP contribution in [0.3, 0.4) is 0 Å². The average molecular weight is 314 g/mol. The Kier molecular flexibility index (Phi) is 11.4. The van der Waals surface area contributed by atoms with Gasteiger partial charge in [-0.2, -0.15) is 11.8 Å². The zero-order chi connectivity index (χ0) is 15.2. The van der Waals surface area contributed by atoms with Crippen LogP contribution in [0.1, 0.15) is 38.5 Å². The van der Waals surface area contributed by atoms with Crippen molar-refractivity contribution in [3.63, 3.8) is 0 Å². The van der Waals surface area contributed by atoms with Crippen molar-refractivity contribution >= 4 is 17.7 Å². The van der Waals surface area contributed by atoms with E-state index in [1.54, 1.807) is 7.05 Å². The number of nitrogens with one attached hydrogen (secondary N) is 2. The molecular formula is C16H31N3OS. The van der Waals surface area contributed by atoms with Crippen LogP contribution in [0, 0.1) is 0 Å². The van der Waals surface area contributed by atoms with Crippen LogP contribution < -0.4 is 10.6 Å². The predicted octanol–water partition coefficient (Wildman–Crippen LogP) is 2.81. The third-order valence-electron chi connectivity index (χ3n) is 3.55. The van der Waals surface area contributed by atoms with Gasteiger partial charge >= 0.3 is 0 Å². The summed E-state index contributed by atoms with van der Waals surface area (Å²) in [6.07, 6.45) is 10.3. The molecule has 0 aromatic heterocycles. The molecule has 5 heteroatoms. The maximum atomic E-state index is 5.95. The van der Waals surface area contributed by atoms with Gasteiger partial charge in [-0.3, -0.25) is 4.99 Å². The fourth-order valence-electron chi connectivity index (χ4n) is 2.43. The second-order valence-corrected chi connectivity index (χ2v) is 6.42. The first-order chi connectivity index (χ1) is 10.4. The molecule has 0 aromatic carbocycles. The van der Waals surface area contributed by atoms with Gasteiger partial charge in [-0.15, -0.1) is 6.58 Å². The molecule has 1 aliphatic carbocycles. The van der Waals surface area contributed by atoms with Crippen LogP contribution in [0.2, 0.25) is 0 Å². The van der Waals surface area contributed by atoms with Crippen LogP contribution in [0.4, 0.5) is 0 Å². The topological polar surface area (TPSA) is 45.7 Å². The van der Waals surface area contributed by atoms with Crippen molar-refractivity contribution in [3.05, 3.63) is 12.7 Å². The summed E-state index contributed by atoms with van der Waals surface area (Å²) in [6.45, 7) is 6.21. The summed E-state index contributed by atoms with van der Waals surface area (Å²) in [5, 5.41) is 6.60. The normalized spacial score (nSPS) is 17.3. The molecule has 0 unspecified atom stereocenters. The molecule has 21 heavy (non-hydrogen) atoms. The highest BCUT2D eigenvalue weighted by Gasteiger charge is 2.11. The number of hydrogen-bond donors (Lipinski definition) is 2. The molecule has 2 N–H and O–H groups in total. The van der Waals surface area contributed by atoms with E-state index in [0.29, 0.717) is 6.10 Å². The summed E-state index contributed by atoms with van der Waals surface area (Å²) >= 11 is 1.87. The summed E-state index contributed by atoms with van der Waals surface area (Å²) in [4.78, 5) is 4.21. The lowest BCUT2D eigenvalue weighted by molar-refractivity contribution is 0.0468. The van der Waals surface area contributed by atoms with E-state index in [-0.39, 0.29) is 0 Å². The first kappa shape index (κ1) is 18.4. The molecule has 1 saturated carbocycles. The second kappa shape index (κ2) is 13.0. The van der Waals surface area contributed by atoms with Crippen LogP contribution in [-0.2, 0) is 4.74 Å². The van der Waals surface area contributed by atoms with E-state index in [2.05, 4.69) is 22.2 Å². The third kappa shape index (κ3) is 9.80. The number of thioether (sulfide) groups is 1. The van der Waals surface area contributed by atoms with Gasteiger partial charge in [0.05, 0.1) is 12.7 Å². The minimum Gasteiger partial charge on any atom is -0.376 e. The molecule has 0 aromatic rings. The van der Waals surface area contributed by atoms with Gasteiger partial charge < -0.3 is 15.4 Å². The van der Waals surface area contributed by atoms with Crippen molar-refractivity contribution in [3.8, 4) is 0 Å². The highest BCUT2D eigenvalue weighted by molar-refractivity contribution is 7.99. The first-order valence-corrected chi connectivity index (χ1v) is 9.27. The molecule has 0 radical (unpaired) electrons. The Morgan fingerprint density at radius 2 is 1.95 bits per heavy atom. The molecule has 0 atom stereocenters. The van der Waals surface area contributed by atoms with Gasteiger partial charge in [0.25, 0.3) is 0 Å². The zero-order valence-corrected chi connectivity index (χ0v) is 14.2. The SMILES string of the molecule is C=CCSCCNC(=NC)NCCOC1CCCCCC1. The Bertz CT molecular complexity index is 289. The molecule has 1 rings (SSSR count). The van der Waals surface area contributed by atoms with Gasteiger partial charge in [0, 0.05) is 31.6 Å². The molecular weight excluding hydrogens is 282 g/mol. The van der Waals surface area contributed by atoms with E-state index in [0.717, 1.165) is 37.2 Å². The highest BCUT2D eigenvalue weighted by Crippen LogP contribution is 2.19. The van der Waals surface area contributed by atoms with Gasteiger partial charge in [-0.25, -0.2) is 0 Å². The number of guanidine groups is 1. The maximum Gasteiger partial charge on any atom is 0.191 e. The van der Waals surface area contributed by atoms with Crippen LogP contribution in [0.5, 0.6) is 0 Å². The number of nitrogens with zero attached hydrogens (tertiary/aromatic N) is 1. The fraction of sp³-hybridized carbons (Fsp3) is 0.812. The fourth-order valence-corrected chi connectivity index (χ4v) is 3.01. The zero-order valence-electron chi connectivity index (χ0n) is 13.4. The molecule has 4 nitrogen and oxygen atoms in total. The standard InChI is InChI=1S/C16H31N3OS/c1-3-13-21-14-11-19-16(17-2)18-10-12-20-15-8-6-4-5-7-9-15/h3,15H,1,4-14H2,2H3,(H2,17,18,19). The first-order valence-electron chi connectivity index (χ1n) is 8.11. The van der Waals surface area contributed by atoms with Gasteiger partial charge in [0.15, 0.2) is 5.96 Å². The maximum absolute atomic E-state index is 5.95. The molecule has 0 bridgehead atoms. The Balaban J connectivity index is 2.02. The average Bonchev–Trinajstić information content (AvgIpc) is 2.78. The van der Waals surface area contributed by atoms with Crippen molar-refractivity contribution in [1.29, 1.82) is 0 Å². The lowest BCUT2D eigenvalue weighted by atomic mass is 10.1. The molecule has 0 heterocycles. The van der Waals surface area contributed by atoms with E-state index >= 15 is 0 Å². The van der Waals surface area contributed by atoms with Crippen molar-refractivity contribution in [2.24, 2.45) is 4.99 Å². The van der Waals surface area contributed by atoms with E-state index in [9.17, 15) is 0 Å². The summed E-state index contributed by atoms with van der Waals surface area (Å²) < 4.78 is 5.95. The molecule has 122 valence electrons. The molecule has 0 aliphatic heterocycles. The van der Waals surface area contributed by atoms with Gasteiger partial charge in [0.1, 0.15) is 0 Å².